The van der Waals surface area contributed by atoms with Gasteiger partial charge in [-0.1, -0.05) is 30.3 Å². The number of carbonyl (C=O) groups excluding carboxylic acids is 2. The molecule has 1 N–H and O–H groups in total. The third kappa shape index (κ3) is 3.14. The first-order valence-corrected chi connectivity index (χ1v) is 10.0. The van der Waals surface area contributed by atoms with Gasteiger partial charge in [-0.3, -0.25) is 14.6 Å². The maximum atomic E-state index is 13.1. The molecule has 5 nitrogen and oxygen atoms in total. The van der Waals surface area contributed by atoms with Gasteiger partial charge in [0.25, 0.3) is 0 Å². The Hall–Kier alpha value is -2.53. The fourth-order valence-corrected chi connectivity index (χ4v) is 4.07. The number of imidazole rings is 1. The van der Waals surface area contributed by atoms with Gasteiger partial charge in [-0.15, -0.1) is 11.6 Å². The Kier molecular flexibility index (Phi) is 4.79. The number of halogens is 1. The van der Waals surface area contributed by atoms with Crippen LogP contribution in [0.25, 0.3) is 5.57 Å². The van der Waals surface area contributed by atoms with Crippen molar-refractivity contribution in [2.24, 2.45) is 10.9 Å². The van der Waals surface area contributed by atoms with Crippen LogP contribution < -0.4 is 0 Å². The third-order valence-electron chi connectivity index (χ3n) is 5.42. The van der Waals surface area contributed by atoms with E-state index in [4.69, 9.17) is 11.6 Å². The van der Waals surface area contributed by atoms with Gasteiger partial charge >= 0.3 is 0 Å². The Morgan fingerprint density at radius 2 is 1.89 bits per heavy atom. The average Bonchev–Trinajstić information content (AvgIpc) is 3.11. The molecule has 2 heterocycles. The number of rotatable bonds is 5. The highest BCUT2D eigenvalue weighted by Gasteiger charge is 2.45. The minimum atomic E-state index is -0.867. The molecule has 2 aliphatic rings. The molecule has 144 valence electrons. The molecule has 1 atom stereocenters. The number of Topliss-reactive ketones (excluding diaryl/α,β-unsaturated/α-hetero) is 2. The van der Waals surface area contributed by atoms with Crippen molar-refractivity contribution in [3.05, 3.63) is 58.7 Å². The second kappa shape index (κ2) is 7.13. The lowest BCUT2D eigenvalue weighted by molar-refractivity contribution is -0.119. The van der Waals surface area contributed by atoms with E-state index in [1.807, 2.05) is 18.2 Å². The van der Waals surface area contributed by atoms with E-state index in [-0.39, 0.29) is 11.6 Å². The van der Waals surface area contributed by atoms with Crippen LogP contribution in [-0.2, 0) is 17.6 Å². The zero-order valence-corrected chi connectivity index (χ0v) is 16.7. The summed E-state index contributed by atoms with van der Waals surface area (Å²) in [5.41, 5.74) is 2.53. The quantitative estimate of drug-likeness (QED) is 0.782. The third-order valence-corrected chi connectivity index (χ3v) is 5.64. The Labute approximate surface area is 168 Å². The van der Waals surface area contributed by atoms with E-state index >= 15 is 0 Å². The number of nitrogens with zero attached hydrogens (tertiary/aromatic N) is 2. The molecule has 2 aromatic rings. The molecule has 0 saturated carbocycles. The van der Waals surface area contributed by atoms with Gasteiger partial charge < -0.3 is 4.98 Å². The van der Waals surface area contributed by atoms with Crippen molar-refractivity contribution >= 4 is 35.0 Å². The molecule has 1 aromatic heterocycles. The van der Waals surface area contributed by atoms with Gasteiger partial charge in [0, 0.05) is 29.7 Å². The van der Waals surface area contributed by atoms with Crippen LogP contribution >= 0.6 is 11.6 Å². The molecule has 4 rings (SSSR count). The van der Waals surface area contributed by atoms with E-state index in [1.54, 1.807) is 20.1 Å². The zero-order chi connectivity index (χ0) is 19.9. The minimum Gasteiger partial charge on any atom is -0.339 e. The first-order valence-electron chi connectivity index (χ1n) is 9.50. The summed E-state index contributed by atoms with van der Waals surface area (Å²) in [6, 6.07) is 10.1. The van der Waals surface area contributed by atoms with E-state index in [0.29, 0.717) is 41.3 Å². The van der Waals surface area contributed by atoms with Gasteiger partial charge in [0.1, 0.15) is 22.8 Å². The summed E-state index contributed by atoms with van der Waals surface area (Å²) in [5.74, 6) is 0.287. The van der Waals surface area contributed by atoms with Gasteiger partial charge in [0.15, 0.2) is 11.6 Å². The van der Waals surface area contributed by atoms with E-state index in [2.05, 4.69) is 27.1 Å². The maximum Gasteiger partial charge on any atom is 0.188 e. The van der Waals surface area contributed by atoms with Gasteiger partial charge in [-0.05, 0) is 32.3 Å². The van der Waals surface area contributed by atoms with E-state index in [1.165, 1.54) is 5.56 Å². The summed E-state index contributed by atoms with van der Waals surface area (Å²) in [6.45, 7) is 3.53. The van der Waals surface area contributed by atoms with E-state index in [9.17, 15) is 9.59 Å². The number of hydrogen-bond acceptors (Lipinski definition) is 4. The first-order chi connectivity index (χ1) is 13.4. The molecule has 0 bridgehead atoms. The summed E-state index contributed by atoms with van der Waals surface area (Å²) >= 11 is 5.95. The predicted octanol–water partition coefficient (Wildman–Crippen LogP) is 3.82. The smallest absolute Gasteiger partial charge is 0.188 e. The number of hydrogen-bond donors (Lipinski definition) is 1. The fraction of sp³-hybridized carbons (Fsp3) is 0.364. The fourth-order valence-electron chi connectivity index (χ4n) is 3.85. The number of aryl methyl sites for hydroxylation is 2. The van der Waals surface area contributed by atoms with Crippen LogP contribution in [0, 0.1) is 5.92 Å². The van der Waals surface area contributed by atoms with Gasteiger partial charge in [-0.2, -0.15) is 0 Å². The topological polar surface area (TPSA) is 75.2 Å². The molecule has 0 spiro atoms. The first kappa shape index (κ1) is 18.8. The standard InChI is InChI=1S/C22H22ClN3O2/c1-22(2)21(28)17-14(10-11-23)20(27)19-18(15(17)12-24-22)25-16(26-19)9-8-13-6-4-3-5-7-13/h3-7,12,14H,8-11H2,1-2H3,(H,25,26). The van der Waals surface area contributed by atoms with Crippen molar-refractivity contribution < 1.29 is 9.59 Å². The predicted molar refractivity (Wildman–Crippen MR) is 110 cm³/mol. The molecule has 6 heteroatoms. The monoisotopic (exact) mass is 395 g/mol. The maximum absolute atomic E-state index is 13.1. The molecular formula is C22H22ClN3O2. The van der Waals surface area contributed by atoms with Crippen molar-refractivity contribution in [3.8, 4) is 0 Å². The number of aromatic amines is 1. The number of nitrogens with one attached hydrogen (secondary N) is 1. The number of aliphatic imine (C=N–C) groups is 1. The van der Waals surface area contributed by atoms with Crippen molar-refractivity contribution in [3.63, 3.8) is 0 Å². The van der Waals surface area contributed by atoms with E-state index in [0.717, 1.165) is 12.2 Å². The normalized spacial score (nSPS) is 20.3. The molecular weight excluding hydrogens is 374 g/mol. The molecule has 0 amide bonds. The second-order valence-electron chi connectivity index (χ2n) is 7.76. The van der Waals surface area contributed by atoms with Crippen molar-refractivity contribution in [1.82, 2.24) is 9.97 Å². The summed E-state index contributed by atoms with van der Waals surface area (Å²) in [5, 5.41) is 0. The Morgan fingerprint density at radius 3 is 2.61 bits per heavy atom. The van der Waals surface area contributed by atoms with Crippen LogP contribution in [0.2, 0.25) is 0 Å². The highest BCUT2D eigenvalue weighted by Crippen LogP contribution is 2.40. The summed E-state index contributed by atoms with van der Waals surface area (Å²) in [7, 11) is 0. The zero-order valence-electron chi connectivity index (χ0n) is 16.0. The van der Waals surface area contributed by atoms with Crippen molar-refractivity contribution in [1.29, 1.82) is 0 Å². The SMILES string of the molecule is CC1(C)N=CC2=C(C1=O)C(CCCl)C(=O)c1[nH]c(CCc3ccccc3)nc12. The van der Waals surface area contributed by atoms with Crippen LogP contribution in [0.1, 0.15) is 47.8 Å². The Bertz CT molecular complexity index is 1000. The molecule has 1 unspecified atom stereocenters. The minimum absolute atomic E-state index is 0.104. The lowest BCUT2D eigenvalue weighted by Crippen LogP contribution is -2.41. The molecule has 1 aromatic carbocycles. The van der Waals surface area contributed by atoms with Gasteiger partial charge in [0.05, 0.1) is 5.92 Å². The number of ketones is 2. The second-order valence-corrected chi connectivity index (χ2v) is 8.14. The molecule has 0 radical (unpaired) electrons. The number of aromatic nitrogens is 2. The van der Waals surface area contributed by atoms with Crippen LogP contribution in [0.15, 0.2) is 40.9 Å². The summed E-state index contributed by atoms with van der Waals surface area (Å²) < 4.78 is 0. The summed E-state index contributed by atoms with van der Waals surface area (Å²) in [6.07, 6.45) is 3.62. The Morgan fingerprint density at radius 1 is 1.14 bits per heavy atom. The number of carbonyl (C=O) groups is 2. The lowest BCUT2D eigenvalue weighted by Gasteiger charge is -2.32. The highest BCUT2D eigenvalue weighted by molar-refractivity contribution is 6.30. The lowest BCUT2D eigenvalue weighted by atomic mass is 9.74. The molecule has 0 fully saturated rings. The van der Waals surface area contributed by atoms with Gasteiger partial charge in [0.2, 0.25) is 0 Å². The number of dihydropyridines is 1. The van der Waals surface area contributed by atoms with Crippen LogP contribution in [-0.4, -0.2) is 39.2 Å². The number of fused-ring (bicyclic) bond motifs is 2. The molecule has 28 heavy (non-hydrogen) atoms. The van der Waals surface area contributed by atoms with Crippen LogP contribution in [0.3, 0.4) is 0 Å². The van der Waals surface area contributed by atoms with Crippen LogP contribution in [0.5, 0.6) is 0 Å². The molecule has 1 aliphatic heterocycles. The number of H-pyrrole nitrogens is 1. The number of alkyl halides is 1. The largest absolute Gasteiger partial charge is 0.339 e. The average molecular weight is 396 g/mol. The molecule has 0 saturated heterocycles. The summed E-state index contributed by atoms with van der Waals surface area (Å²) in [4.78, 5) is 38.5. The van der Waals surface area contributed by atoms with E-state index < -0.39 is 11.5 Å². The number of allylic oxidation sites excluding steroid dienone is 1. The van der Waals surface area contributed by atoms with Gasteiger partial charge in [-0.25, -0.2) is 4.98 Å². The highest BCUT2D eigenvalue weighted by atomic mass is 35.5. The van der Waals surface area contributed by atoms with Crippen molar-refractivity contribution in [2.75, 3.05) is 5.88 Å². The Balaban J connectivity index is 1.72. The molecule has 1 aliphatic carbocycles. The van der Waals surface area contributed by atoms with Crippen LogP contribution in [0.4, 0.5) is 0 Å². The number of benzene rings is 1. The van der Waals surface area contributed by atoms with Crippen molar-refractivity contribution in [2.45, 2.75) is 38.6 Å².